The number of hydrogen-bond acceptors (Lipinski definition) is 0. The lowest BCUT2D eigenvalue weighted by atomic mass is 10.0. The quantitative estimate of drug-likeness (QED) is 0.559. The van der Waals surface area contributed by atoms with Crippen LogP contribution in [0.25, 0.3) is 0 Å². The Morgan fingerprint density at radius 1 is 1.11 bits per heavy atom. The summed E-state index contributed by atoms with van der Waals surface area (Å²) in [4.78, 5) is 0. The Bertz CT molecular complexity index is 606. The van der Waals surface area contributed by atoms with Gasteiger partial charge in [0, 0.05) is 9.50 Å². The van der Waals surface area contributed by atoms with E-state index in [1.54, 1.807) is 13.0 Å². The number of benzene rings is 2. The summed E-state index contributed by atoms with van der Waals surface area (Å²) in [5, 5.41) is -0.0521. The van der Waals surface area contributed by atoms with Gasteiger partial charge in [0.2, 0.25) is 0 Å². The molecule has 0 fully saturated rings. The van der Waals surface area contributed by atoms with Crippen molar-refractivity contribution in [2.24, 2.45) is 0 Å². The summed E-state index contributed by atoms with van der Waals surface area (Å²) < 4.78 is 14.4. The van der Waals surface area contributed by atoms with Crippen molar-refractivity contribution in [2.45, 2.75) is 19.2 Å². The molecule has 0 saturated carbocycles. The second-order valence-corrected chi connectivity index (χ2v) is 6.31. The molecule has 0 N–H and O–H groups in total. The molecule has 2 aromatic carbocycles. The molecule has 0 nitrogen and oxygen atoms in total. The number of rotatable bonds is 2. The zero-order valence-corrected chi connectivity index (χ0v) is 13.6. The van der Waals surface area contributed by atoms with E-state index in [9.17, 15) is 4.39 Å². The van der Waals surface area contributed by atoms with Crippen molar-refractivity contribution in [2.75, 3.05) is 0 Å². The molecule has 0 bridgehead atoms. The summed E-state index contributed by atoms with van der Waals surface area (Å²) in [5.74, 6) is -0.317. The Morgan fingerprint density at radius 2 is 1.79 bits per heavy atom. The predicted molar refractivity (Wildman–Crippen MR) is 82.7 cm³/mol. The average molecular weight is 362 g/mol. The van der Waals surface area contributed by atoms with Crippen LogP contribution in [0, 0.1) is 19.7 Å². The molecule has 2 aromatic rings. The first-order valence-electron chi connectivity index (χ1n) is 5.75. The highest BCUT2D eigenvalue weighted by Gasteiger charge is 2.17. The van der Waals surface area contributed by atoms with Crippen LogP contribution in [-0.2, 0) is 0 Å². The van der Waals surface area contributed by atoms with Crippen molar-refractivity contribution in [3.63, 3.8) is 0 Å². The van der Waals surface area contributed by atoms with E-state index in [-0.39, 0.29) is 5.82 Å². The summed E-state index contributed by atoms with van der Waals surface area (Å²) in [7, 11) is 0. The molecule has 0 spiro atoms. The number of halogens is 4. The lowest BCUT2D eigenvalue weighted by molar-refractivity contribution is 0.618. The molecule has 19 heavy (non-hydrogen) atoms. The summed E-state index contributed by atoms with van der Waals surface area (Å²) >= 11 is 16.0. The van der Waals surface area contributed by atoms with E-state index in [4.69, 9.17) is 23.2 Å². The molecule has 0 heterocycles. The number of alkyl halides is 1. The van der Waals surface area contributed by atoms with Gasteiger partial charge in [0.1, 0.15) is 5.82 Å². The predicted octanol–water partition coefficient (Wildman–Crippen LogP) is 6.19. The summed E-state index contributed by atoms with van der Waals surface area (Å²) in [6, 6.07) is 8.96. The van der Waals surface area contributed by atoms with Gasteiger partial charge in [0.25, 0.3) is 0 Å². The molecule has 2 rings (SSSR count). The van der Waals surface area contributed by atoms with Crippen LogP contribution < -0.4 is 0 Å². The van der Waals surface area contributed by atoms with E-state index in [0.717, 1.165) is 21.2 Å². The first kappa shape index (κ1) is 14.8. The number of aryl methyl sites for hydroxylation is 2. The van der Waals surface area contributed by atoms with Crippen LogP contribution in [0.3, 0.4) is 0 Å². The van der Waals surface area contributed by atoms with E-state index < -0.39 is 5.38 Å². The van der Waals surface area contributed by atoms with Gasteiger partial charge in [0.15, 0.2) is 0 Å². The van der Waals surface area contributed by atoms with Gasteiger partial charge in [-0.25, -0.2) is 4.39 Å². The van der Waals surface area contributed by atoms with Gasteiger partial charge in [0.05, 0.1) is 5.38 Å². The Hall–Kier alpha value is -0.570. The molecule has 0 aliphatic carbocycles. The van der Waals surface area contributed by atoms with Gasteiger partial charge in [-0.05, 0) is 60.4 Å². The summed E-state index contributed by atoms with van der Waals surface area (Å²) in [5.41, 5.74) is 3.29. The maximum Gasteiger partial charge on any atom is 0.127 e. The molecule has 0 aliphatic heterocycles. The Labute approximate surface area is 130 Å². The maximum absolute atomic E-state index is 13.4. The van der Waals surface area contributed by atoms with Gasteiger partial charge in [-0.2, -0.15) is 0 Å². The van der Waals surface area contributed by atoms with Crippen LogP contribution in [0.15, 0.2) is 34.8 Å². The molecule has 1 atom stereocenters. The Morgan fingerprint density at radius 3 is 2.42 bits per heavy atom. The molecule has 0 aliphatic rings. The lowest BCUT2D eigenvalue weighted by Gasteiger charge is -2.14. The monoisotopic (exact) mass is 360 g/mol. The van der Waals surface area contributed by atoms with E-state index in [0.29, 0.717) is 10.6 Å². The molecule has 100 valence electrons. The minimum Gasteiger partial charge on any atom is -0.207 e. The van der Waals surface area contributed by atoms with Crippen LogP contribution in [0.5, 0.6) is 0 Å². The third-order valence-electron chi connectivity index (χ3n) is 2.91. The van der Waals surface area contributed by atoms with E-state index in [1.807, 2.05) is 25.1 Å². The smallest absolute Gasteiger partial charge is 0.127 e. The fraction of sp³-hybridized carbons (Fsp3) is 0.200. The van der Waals surface area contributed by atoms with Gasteiger partial charge in [-0.15, -0.1) is 11.6 Å². The zero-order chi connectivity index (χ0) is 14.2. The van der Waals surface area contributed by atoms with Crippen molar-refractivity contribution in [3.05, 3.63) is 67.9 Å². The second kappa shape index (κ2) is 5.82. The van der Waals surface area contributed by atoms with E-state index in [2.05, 4.69) is 15.9 Å². The van der Waals surface area contributed by atoms with Gasteiger partial charge in [-0.1, -0.05) is 33.6 Å². The third-order valence-corrected chi connectivity index (χ3v) is 4.18. The van der Waals surface area contributed by atoms with Crippen LogP contribution >= 0.6 is 39.1 Å². The Kier molecular flexibility index (Phi) is 4.54. The van der Waals surface area contributed by atoms with E-state index in [1.165, 1.54) is 6.07 Å². The average Bonchev–Trinajstić information content (AvgIpc) is 2.31. The van der Waals surface area contributed by atoms with Gasteiger partial charge < -0.3 is 0 Å². The second-order valence-electron chi connectivity index (χ2n) is 4.55. The normalized spacial score (nSPS) is 12.5. The van der Waals surface area contributed by atoms with Crippen molar-refractivity contribution in [1.29, 1.82) is 0 Å². The molecule has 1 unspecified atom stereocenters. The number of hydrogen-bond donors (Lipinski definition) is 0. The molecule has 0 saturated heterocycles. The topological polar surface area (TPSA) is 0 Å². The molecule has 4 heteroatoms. The minimum absolute atomic E-state index is 0.317. The molecule has 0 radical (unpaired) electrons. The SMILES string of the molecule is Cc1cc(Br)cc(C(Cl)c2cc(C)c(F)cc2Cl)c1. The molecule has 0 amide bonds. The highest BCUT2D eigenvalue weighted by molar-refractivity contribution is 9.10. The molecular formula is C15H12BrCl2F. The van der Waals surface area contributed by atoms with E-state index >= 15 is 0 Å². The maximum atomic E-state index is 13.4. The van der Waals surface area contributed by atoms with Crippen molar-refractivity contribution in [3.8, 4) is 0 Å². The van der Waals surface area contributed by atoms with Gasteiger partial charge in [-0.3, -0.25) is 0 Å². The lowest BCUT2D eigenvalue weighted by Crippen LogP contribution is -1.97. The first-order chi connectivity index (χ1) is 8.88. The minimum atomic E-state index is -0.400. The summed E-state index contributed by atoms with van der Waals surface area (Å²) in [6.07, 6.45) is 0. The van der Waals surface area contributed by atoms with Crippen LogP contribution in [0.4, 0.5) is 4.39 Å². The van der Waals surface area contributed by atoms with Crippen molar-refractivity contribution in [1.82, 2.24) is 0 Å². The highest BCUT2D eigenvalue weighted by Crippen LogP contribution is 2.36. The molecule has 0 aromatic heterocycles. The zero-order valence-electron chi connectivity index (χ0n) is 10.5. The third kappa shape index (κ3) is 3.31. The standard InChI is InChI=1S/C15H12BrCl2F/c1-8-3-10(6-11(16)4-8)15(18)12-5-9(2)14(19)7-13(12)17/h3-7,15H,1-2H3. The fourth-order valence-corrected chi connectivity index (χ4v) is 3.21. The van der Waals surface area contributed by atoms with Gasteiger partial charge >= 0.3 is 0 Å². The van der Waals surface area contributed by atoms with Crippen molar-refractivity contribution >= 4 is 39.1 Å². The van der Waals surface area contributed by atoms with Crippen LogP contribution in [-0.4, -0.2) is 0 Å². The van der Waals surface area contributed by atoms with Crippen LogP contribution in [0.1, 0.15) is 27.6 Å². The summed E-state index contributed by atoms with van der Waals surface area (Å²) in [6.45, 7) is 3.69. The molecular weight excluding hydrogens is 350 g/mol. The van der Waals surface area contributed by atoms with Crippen molar-refractivity contribution < 1.29 is 4.39 Å². The van der Waals surface area contributed by atoms with Crippen LogP contribution in [0.2, 0.25) is 5.02 Å². The first-order valence-corrected chi connectivity index (χ1v) is 7.36. The highest BCUT2D eigenvalue weighted by atomic mass is 79.9. The Balaban J connectivity index is 2.49. The fourth-order valence-electron chi connectivity index (χ4n) is 1.96. The largest absolute Gasteiger partial charge is 0.207 e.